The molecule has 3 aliphatic heterocycles. The van der Waals surface area contributed by atoms with Gasteiger partial charge in [-0.2, -0.15) is 0 Å². The summed E-state index contributed by atoms with van der Waals surface area (Å²) in [6, 6.07) is -1.07. The van der Waals surface area contributed by atoms with Crippen molar-refractivity contribution in [2.45, 2.75) is 189 Å². The van der Waals surface area contributed by atoms with E-state index in [1.165, 1.54) is 0 Å². The maximum atomic E-state index is 12.8. The molecule has 456 valence electrons. The van der Waals surface area contributed by atoms with Crippen molar-refractivity contribution >= 4 is 17.9 Å². The largest absolute Gasteiger partial charge is 0.481 e. The lowest BCUT2D eigenvalue weighted by molar-refractivity contribution is -0.309. The number of aliphatic imine (C=N–C) groups is 1. The van der Waals surface area contributed by atoms with Gasteiger partial charge >= 0.3 is 11.9 Å². The summed E-state index contributed by atoms with van der Waals surface area (Å²) in [6.07, 6.45) is 4.77. The summed E-state index contributed by atoms with van der Waals surface area (Å²) >= 11 is 0. The highest BCUT2D eigenvalue weighted by molar-refractivity contribution is 5.80. The number of aliphatic hydroxyl groups excluding tert-OH is 9. The Morgan fingerprint density at radius 1 is 0.688 bits per heavy atom. The summed E-state index contributed by atoms with van der Waals surface area (Å²) in [4.78, 5) is 34.3. The third kappa shape index (κ3) is 25.9. The second-order valence-electron chi connectivity index (χ2n) is 22.1. The van der Waals surface area contributed by atoms with Gasteiger partial charge < -0.3 is 95.6 Å². The number of ether oxygens (including phenoxy) is 4. The first kappa shape index (κ1) is 70.1. The van der Waals surface area contributed by atoms with E-state index in [-0.39, 0.29) is 31.6 Å². The molecule has 0 spiro atoms. The average Bonchev–Trinajstić information content (AvgIpc) is 3.38. The van der Waals surface area contributed by atoms with Crippen molar-refractivity contribution in [1.29, 1.82) is 0 Å². The Bertz CT molecular complexity index is 2050. The van der Waals surface area contributed by atoms with Crippen LogP contribution < -0.4 is 10.6 Å². The Morgan fingerprint density at radius 3 is 1.88 bits per heavy atom. The Morgan fingerprint density at radius 2 is 1.27 bits per heavy atom. The van der Waals surface area contributed by atoms with Gasteiger partial charge in [0, 0.05) is 50.6 Å². The number of nitrogens with zero attached hydrogens (tertiary/aromatic N) is 3. The van der Waals surface area contributed by atoms with Gasteiger partial charge in [0.2, 0.25) is 0 Å². The summed E-state index contributed by atoms with van der Waals surface area (Å²) in [6.45, 7) is 9.40. The standard InChI is InChI=1S/C58H97N5O17/c1-37-23-19-17-15-13-11-9-10-12-14-16-18-20-24-44(79-56-54(73)51(53(72)40(4)78-56)61-57(59-27-21-29-62(5)6)60-28-22-30-63(7)8)34-48-50(55(74)75)47(69)36-58(76,80-48)35-43(66)32-46(68)45(67)26-25-41(64)31-42(65)33-49(70)77-39(3)38(2)52(37)71/h9-20,23-24,37-48,50-54,56,64-69,71-73,76H,21-22,25-36H2,1-8H3,(H,74,75)(H2,59,60,61)/b10-9+,13-11+,14-12+,17-15+,18-16+,23-19+,24-20+/t37-,38-,39-,40-,41+,42+,43-,44-,45+,46+,47-,48-,50+,51+,52+,53+,54+,56-,58-/m0/s1. The van der Waals surface area contributed by atoms with Crippen molar-refractivity contribution in [3.63, 3.8) is 0 Å². The molecule has 2 fully saturated rings. The van der Waals surface area contributed by atoms with Crippen LogP contribution >= 0.6 is 0 Å². The average molecular weight is 1140 g/mol. The number of guanidine groups is 1. The van der Waals surface area contributed by atoms with Crippen molar-refractivity contribution < 1.29 is 84.7 Å². The number of carbonyl (C=O) groups excluding carboxylic acids is 1. The predicted octanol–water partition coefficient (Wildman–Crippen LogP) is 1.19. The highest BCUT2D eigenvalue weighted by atomic mass is 16.7. The topological polar surface area (TPSA) is 336 Å². The van der Waals surface area contributed by atoms with E-state index in [4.69, 9.17) is 23.9 Å². The molecule has 0 aliphatic carbocycles. The van der Waals surface area contributed by atoms with Gasteiger partial charge in [-0.05, 0) is 87.2 Å². The van der Waals surface area contributed by atoms with Crippen molar-refractivity contribution in [1.82, 2.24) is 20.4 Å². The summed E-state index contributed by atoms with van der Waals surface area (Å²) < 4.78 is 24.1. The number of hydrogen-bond donors (Lipinski definition) is 13. The highest BCUT2D eigenvalue weighted by Crippen LogP contribution is 2.38. The van der Waals surface area contributed by atoms with Crippen LogP contribution in [0.4, 0.5) is 0 Å². The minimum atomic E-state index is -2.36. The zero-order valence-electron chi connectivity index (χ0n) is 48.1. The highest BCUT2D eigenvalue weighted by Gasteiger charge is 2.51. The molecule has 0 radical (unpaired) electrons. The summed E-state index contributed by atoms with van der Waals surface area (Å²) in [5, 5.41) is 128. The number of carboxylic acids is 1. The van der Waals surface area contributed by atoms with Gasteiger partial charge in [0.05, 0.1) is 73.5 Å². The Hall–Kier alpha value is -4.21. The molecule has 0 amide bonds. The number of hydrogen-bond acceptors (Lipinski definition) is 19. The third-order valence-electron chi connectivity index (χ3n) is 14.4. The fourth-order valence-electron chi connectivity index (χ4n) is 9.60. The number of cyclic esters (lactones) is 1. The molecule has 0 unspecified atom stereocenters. The molecule has 0 aromatic heterocycles. The molecule has 3 aliphatic rings. The van der Waals surface area contributed by atoms with Crippen LogP contribution in [0.3, 0.4) is 0 Å². The molecule has 19 atom stereocenters. The maximum Gasteiger partial charge on any atom is 0.311 e. The van der Waals surface area contributed by atoms with Gasteiger partial charge in [0.25, 0.3) is 0 Å². The number of carbonyl (C=O) groups is 2. The SMILES string of the molecule is C[C@@H]1[C@H](O)[C@@H](C)/C=C/C=C/C=C/C=C/C=C/C=C/C=C/[C@H](O[C@@H]2O[C@@H](C)[C@@H](O)[C@@H](NC(=NCCCN(C)C)NCCCN(C)C)[C@H]2O)C[C@@H]2O[C@@](O)(C[C@@H](O)C[C@@H](O)[C@H](O)CC[C@@H](O)C[C@@H](O)CC(=O)O[C@H]1C)C[C@H](O)[C@H]2C(=O)O. The lowest BCUT2D eigenvalue weighted by Crippen LogP contribution is -2.65. The van der Waals surface area contributed by atoms with E-state index in [0.717, 1.165) is 25.9 Å². The molecular formula is C58H97N5O17. The predicted molar refractivity (Wildman–Crippen MR) is 303 cm³/mol. The van der Waals surface area contributed by atoms with Crippen LogP contribution in [0.15, 0.2) is 90.1 Å². The smallest absolute Gasteiger partial charge is 0.311 e. The first-order valence-electron chi connectivity index (χ1n) is 28.1. The molecule has 0 aromatic rings. The van der Waals surface area contributed by atoms with E-state index < -0.39 is 147 Å². The zero-order valence-corrected chi connectivity index (χ0v) is 48.1. The minimum Gasteiger partial charge on any atom is -0.481 e. The quantitative estimate of drug-likeness (QED) is 0.0565. The van der Waals surface area contributed by atoms with Crippen LogP contribution in [0.25, 0.3) is 0 Å². The Balaban J connectivity index is 1.96. The Labute approximate surface area is 473 Å². The number of allylic oxidation sites excluding steroid dienone is 12. The van der Waals surface area contributed by atoms with Crippen molar-refractivity contribution in [2.24, 2.45) is 22.7 Å². The molecule has 22 nitrogen and oxygen atoms in total. The molecule has 22 heteroatoms. The molecule has 2 bridgehead atoms. The van der Waals surface area contributed by atoms with Crippen LogP contribution in [0, 0.1) is 17.8 Å². The first-order valence-corrected chi connectivity index (χ1v) is 28.1. The summed E-state index contributed by atoms with van der Waals surface area (Å²) in [7, 11) is 7.85. The van der Waals surface area contributed by atoms with E-state index in [0.29, 0.717) is 19.0 Å². The van der Waals surface area contributed by atoms with Gasteiger partial charge in [0.1, 0.15) is 24.2 Å². The van der Waals surface area contributed by atoms with E-state index in [9.17, 15) is 65.8 Å². The molecule has 2 saturated heterocycles. The minimum absolute atomic E-state index is 0.115. The monoisotopic (exact) mass is 1140 g/mol. The number of esters is 1. The number of fused-ring (bicyclic) bond motifs is 2. The third-order valence-corrected chi connectivity index (χ3v) is 14.4. The number of aliphatic hydroxyl groups is 10. The molecule has 0 aromatic carbocycles. The second-order valence-corrected chi connectivity index (χ2v) is 22.1. The summed E-state index contributed by atoms with van der Waals surface area (Å²) in [5.74, 6) is -6.56. The van der Waals surface area contributed by atoms with Gasteiger partial charge in [-0.25, -0.2) is 0 Å². The van der Waals surface area contributed by atoms with E-state index in [1.807, 2.05) is 75.3 Å². The first-order chi connectivity index (χ1) is 37.8. The lowest BCUT2D eigenvalue weighted by Gasteiger charge is -2.45. The van der Waals surface area contributed by atoms with Gasteiger partial charge in [-0.1, -0.05) is 98.9 Å². The van der Waals surface area contributed by atoms with Crippen molar-refractivity contribution in [3.05, 3.63) is 85.1 Å². The molecule has 3 heterocycles. The van der Waals surface area contributed by atoms with Crippen LogP contribution in [0.1, 0.15) is 91.9 Å². The van der Waals surface area contributed by atoms with E-state index in [2.05, 4.69) is 10.6 Å². The number of rotatable bonds is 12. The van der Waals surface area contributed by atoms with E-state index in [1.54, 1.807) is 75.5 Å². The van der Waals surface area contributed by atoms with Crippen LogP contribution in [-0.2, 0) is 28.5 Å². The lowest BCUT2D eigenvalue weighted by atomic mass is 9.82. The van der Waals surface area contributed by atoms with Gasteiger partial charge in [-0.3, -0.25) is 14.6 Å². The molecule has 0 saturated carbocycles. The molecule has 3 rings (SSSR count). The van der Waals surface area contributed by atoms with E-state index >= 15 is 0 Å². The number of carboxylic acid groups (broad SMARTS) is 1. The van der Waals surface area contributed by atoms with Gasteiger partial charge in [0.15, 0.2) is 18.0 Å². The number of nitrogens with one attached hydrogen (secondary N) is 2. The maximum absolute atomic E-state index is 12.8. The normalized spacial score (nSPS) is 39.5. The fraction of sp³-hybridized carbons (Fsp3) is 0.707. The molecule has 80 heavy (non-hydrogen) atoms. The van der Waals surface area contributed by atoms with Crippen molar-refractivity contribution in [3.8, 4) is 0 Å². The zero-order chi connectivity index (χ0) is 59.5. The summed E-state index contributed by atoms with van der Waals surface area (Å²) in [5.41, 5.74) is 0. The fourth-order valence-corrected chi connectivity index (χ4v) is 9.60. The van der Waals surface area contributed by atoms with Crippen molar-refractivity contribution in [2.75, 3.05) is 54.4 Å². The second kappa shape index (κ2) is 36.4. The molecular weight excluding hydrogens is 1040 g/mol. The van der Waals surface area contributed by atoms with Crippen LogP contribution in [-0.4, -0.2) is 236 Å². The number of aliphatic carboxylic acids is 1. The van der Waals surface area contributed by atoms with Crippen LogP contribution in [0.5, 0.6) is 0 Å². The molecule has 13 N–H and O–H groups in total. The Kier molecular flexibility index (Phi) is 31.9. The van der Waals surface area contributed by atoms with Crippen LogP contribution in [0.2, 0.25) is 0 Å². The van der Waals surface area contributed by atoms with Gasteiger partial charge in [-0.15, -0.1) is 0 Å².